The van der Waals surface area contributed by atoms with Crippen LogP contribution in [0, 0.1) is 5.92 Å². The van der Waals surface area contributed by atoms with Crippen LogP contribution in [-0.2, 0) is 9.59 Å². The van der Waals surface area contributed by atoms with Gasteiger partial charge in [-0.05, 0) is 32.2 Å². The molecule has 3 fully saturated rings. The van der Waals surface area contributed by atoms with Crippen molar-refractivity contribution in [2.24, 2.45) is 5.92 Å². The first kappa shape index (κ1) is 13.4. The lowest BCUT2D eigenvalue weighted by molar-refractivity contribution is -0.139. The Balaban J connectivity index is 1.59. The third-order valence-electron chi connectivity index (χ3n) is 4.59. The number of likely N-dealkylation sites (tertiary alicyclic amines) is 1. The fourth-order valence-electron chi connectivity index (χ4n) is 3.31. The average molecular weight is 280 g/mol. The highest BCUT2D eigenvalue weighted by molar-refractivity contribution is 6.07. The molecular weight excluding hydrogens is 260 g/mol. The van der Waals surface area contributed by atoms with Gasteiger partial charge in [0.15, 0.2) is 0 Å². The van der Waals surface area contributed by atoms with E-state index in [1.165, 1.54) is 0 Å². The van der Waals surface area contributed by atoms with Crippen LogP contribution >= 0.6 is 0 Å². The minimum absolute atomic E-state index is 0.0600. The molecule has 1 atom stereocenters. The molecule has 3 heterocycles. The Morgan fingerprint density at radius 2 is 2.00 bits per heavy atom. The molecule has 0 radical (unpaired) electrons. The summed E-state index contributed by atoms with van der Waals surface area (Å²) in [4.78, 5) is 37.3. The van der Waals surface area contributed by atoms with Gasteiger partial charge in [0.05, 0.1) is 5.92 Å². The summed E-state index contributed by atoms with van der Waals surface area (Å²) in [5.74, 6) is -0.0180. The lowest BCUT2D eigenvalue weighted by Gasteiger charge is -2.38. The van der Waals surface area contributed by atoms with Crippen LogP contribution in [0.25, 0.3) is 0 Å². The highest BCUT2D eigenvalue weighted by Crippen LogP contribution is 2.27. The Kier molecular flexibility index (Phi) is 3.37. The number of urea groups is 1. The summed E-state index contributed by atoms with van der Waals surface area (Å²) < 4.78 is 0. The molecule has 3 aliphatic rings. The monoisotopic (exact) mass is 280 g/mol. The molecule has 7 nitrogen and oxygen atoms in total. The van der Waals surface area contributed by atoms with Gasteiger partial charge in [0, 0.05) is 19.6 Å². The Hall–Kier alpha value is -1.63. The van der Waals surface area contributed by atoms with E-state index in [4.69, 9.17) is 0 Å². The predicted molar refractivity (Wildman–Crippen MR) is 70.8 cm³/mol. The van der Waals surface area contributed by atoms with E-state index in [2.05, 4.69) is 16.0 Å². The first-order chi connectivity index (χ1) is 9.61. The number of hydrogen-bond donors (Lipinski definition) is 3. The van der Waals surface area contributed by atoms with E-state index < -0.39 is 11.6 Å². The van der Waals surface area contributed by atoms with Gasteiger partial charge in [0.2, 0.25) is 5.91 Å². The minimum Gasteiger partial charge on any atom is -0.342 e. The third-order valence-corrected chi connectivity index (χ3v) is 4.59. The lowest BCUT2D eigenvalue weighted by Crippen LogP contribution is -2.57. The number of rotatable bonds is 1. The van der Waals surface area contributed by atoms with Crippen molar-refractivity contribution in [3.8, 4) is 0 Å². The zero-order chi connectivity index (χ0) is 14.2. The molecule has 3 saturated heterocycles. The van der Waals surface area contributed by atoms with Gasteiger partial charge in [0.1, 0.15) is 5.54 Å². The van der Waals surface area contributed by atoms with E-state index in [1.54, 1.807) is 0 Å². The molecule has 3 N–H and O–H groups in total. The van der Waals surface area contributed by atoms with Gasteiger partial charge >= 0.3 is 6.03 Å². The van der Waals surface area contributed by atoms with E-state index in [-0.39, 0.29) is 17.7 Å². The van der Waals surface area contributed by atoms with Gasteiger partial charge in [-0.1, -0.05) is 0 Å². The van der Waals surface area contributed by atoms with Crippen molar-refractivity contribution in [1.29, 1.82) is 0 Å². The second kappa shape index (κ2) is 5.05. The molecule has 0 unspecified atom stereocenters. The normalized spacial score (nSPS) is 29.2. The molecule has 0 aromatic rings. The molecule has 0 aromatic carbocycles. The summed E-state index contributed by atoms with van der Waals surface area (Å²) in [5, 5.41) is 8.24. The van der Waals surface area contributed by atoms with Crippen LogP contribution in [0.1, 0.15) is 25.7 Å². The topological polar surface area (TPSA) is 90.5 Å². The summed E-state index contributed by atoms with van der Waals surface area (Å²) >= 11 is 0. The molecule has 110 valence electrons. The third kappa shape index (κ3) is 2.26. The first-order valence-corrected chi connectivity index (χ1v) is 7.24. The zero-order valence-corrected chi connectivity index (χ0v) is 11.4. The SMILES string of the molecule is O=C1NC(=O)C2(CCN(C(=O)[C@@H]3CCCNC3)CC2)N1. The standard InChI is InChI=1S/C13H20N4O3/c18-10(9-2-1-5-14-8-9)17-6-3-13(4-7-17)11(19)15-12(20)16-13/h9,14H,1-8H2,(H2,15,16,19,20)/t9-/m1/s1. The molecule has 3 aliphatic heterocycles. The number of nitrogens with one attached hydrogen (secondary N) is 3. The second-order valence-electron chi connectivity index (χ2n) is 5.86. The molecule has 20 heavy (non-hydrogen) atoms. The zero-order valence-electron chi connectivity index (χ0n) is 11.4. The maximum atomic E-state index is 12.4. The van der Waals surface area contributed by atoms with Crippen LogP contribution in [0.4, 0.5) is 4.79 Å². The highest BCUT2D eigenvalue weighted by Gasteiger charge is 2.48. The second-order valence-corrected chi connectivity index (χ2v) is 5.86. The molecular formula is C13H20N4O3. The van der Waals surface area contributed by atoms with Crippen molar-refractivity contribution in [1.82, 2.24) is 20.9 Å². The van der Waals surface area contributed by atoms with Crippen LogP contribution in [0.2, 0.25) is 0 Å². The molecule has 1 spiro atoms. The van der Waals surface area contributed by atoms with Crippen LogP contribution in [0.3, 0.4) is 0 Å². The summed E-state index contributed by atoms with van der Waals surface area (Å²) in [6, 6.07) is -0.425. The van der Waals surface area contributed by atoms with Gasteiger partial charge in [-0.25, -0.2) is 4.79 Å². The smallest absolute Gasteiger partial charge is 0.322 e. The number of piperidine rings is 2. The van der Waals surface area contributed by atoms with Crippen LogP contribution in [0.15, 0.2) is 0 Å². The Labute approximate surface area is 117 Å². The van der Waals surface area contributed by atoms with Crippen molar-refractivity contribution >= 4 is 17.8 Å². The van der Waals surface area contributed by atoms with Gasteiger partial charge in [-0.3, -0.25) is 14.9 Å². The quantitative estimate of drug-likeness (QED) is 0.548. The van der Waals surface area contributed by atoms with Gasteiger partial charge < -0.3 is 15.5 Å². The summed E-state index contributed by atoms with van der Waals surface area (Å²) in [7, 11) is 0. The lowest BCUT2D eigenvalue weighted by atomic mass is 9.86. The van der Waals surface area contributed by atoms with Crippen molar-refractivity contribution in [2.75, 3.05) is 26.2 Å². The molecule has 0 saturated carbocycles. The van der Waals surface area contributed by atoms with Gasteiger partial charge in [-0.2, -0.15) is 0 Å². The molecule has 0 aliphatic carbocycles. The van der Waals surface area contributed by atoms with Gasteiger partial charge in [0.25, 0.3) is 5.91 Å². The van der Waals surface area contributed by atoms with Crippen molar-refractivity contribution in [3.05, 3.63) is 0 Å². The molecule has 4 amide bonds. The Morgan fingerprint density at radius 3 is 2.55 bits per heavy atom. The Bertz CT molecular complexity index is 437. The first-order valence-electron chi connectivity index (χ1n) is 7.24. The van der Waals surface area contributed by atoms with E-state index in [1.807, 2.05) is 4.90 Å². The summed E-state index contributed by atoms with van der Waals surface area (Å²) in [6.45, 7) is 2.79. The van der Waals surface area contributed by atoms with Crippen LogP contribution in [-0.4, -0.2) is 54.5 Å². The van der Waals surface area contributed by atoms with Crippen molar-refractivity contribution in [3.63, 3.8) is 0 Å². The average Bonchev–Trinajstić information content (AvgIpc) is 2.74. The molecule has 3 rings (SSSR count). The minimum atomic E-state index is -0.793. The van der Waals surface area contributed by atoms with E-state index in [0.29, 0.717) is 25.9 Å². The summed E-state index contributed by atoms with van der Waals surface area (Å²) in [5.41, 5.74) is -0.793. The number of imide groups is 1. The number of amides is 4. The van der Waals surface area contributed by atoms with Crippen LogP contribution < -0.4 is 16.0 Å². The molecule has 7 heteroatoms. The molecule has 0 bridgehead atoms. The highest BCUT2D eigenvalue weighted by atomic mass is 16.2. The maximum absolute atomic E-state index is 12.4. The number of carbonyl (C=O) groups is 3. The largest absolute Gasteiger partial charge is 0.342 e. The van der Waals surface area contributed by atoms with Crippen LogP contribution in [0.5, 0.6) is 0 Å². The Morgan fingerprint density at radius 1 is 1.25 bits per heavy atom. The fraction of sp³-hybridized carbons (Fsp3) is 0.769. The number of hydrogen-bond acceptors (Lipinski definition) is 4. The molecule has 0 aromatic heterocycles. The maximum Gasteiger partial charge on any atom is 0.322 e. The number of nitrogens with zero attached hydrogens (tertiary/aromatic N) is 1. The fourth-order valence-corrected chi connectivity index (χ4v) is 3.31. The van der Waals surface area contributed by atoms with Crippen molar-refractivity contribution < 1.29 is 14.4 Å². The summed E-state index contributed by atoms with van der Waals surface area (Å²) in [6.07, 6.45) is 2.96. The van der Waals surface area contributed by atoms with Crippen molar-refractivity contribution in [2.45, 2.75) is 31.2 Å². The van der Waals surface area contributed by atoms with Gasteiger partial charge in [-0.15, -0.1) is 0 Å². The van der Waals surface area contributed by atoms with E-state index in [0.717, 1.165) is 25.9 Å². The number of carbonyl (C=O) groups excluding carboxylic acids is 3. The predicted octanol–water partition coefficient (Wildman–Crippen LogP) is -0.813. The van der Waals surface area contributed by atoms with E-state index in [9.17, 15) is 14.4 Å². The van der Waals surface area contributed by atoms with E-state index >= 15 is 0 Å².